The number of imidazole rings is 1. The zero-order chi connectivity index (χ0) is 16.8. The molecule has 2 heterocycles. The molecule has 0 aliphatic rings. The molecule has 6 nitrogen and oxygen atoms in total. The summed E-state index contributed by atoms with van der Waals surface area (Å²) >= 11 is 0. The van der Waals surface area contributed by atoms with Crippen LogP contribution in [0, 0.1) is 0 Å². The Morgan fingerprint density at radius 1 is 1.30 bits per heavy atom. The van der Waals surface area contributed by atoms with Gasteiger partial charge in [-0.3, -0.25) is 0 Å². The first-order valence-electron chi connectivity index (χ1n) is 6.32. The Hall–Kier alpha value is -2.36. The van der Waals surface area contributed by atoms with E-state index in [1.807, 2.05) is 0 Å². The normalized spacial score (nSPS) is 12.9. The standard InChI is InChI=1S/C13H10F3N3O3S/c1-23(20,21)12-17-4-5-19(12)7-11-18-9-6-8(13(14,15)16)2-3-10(9)22-11/h2-6H,7H2,1H3. The van der Waals surface area contributed by atoms with E-state index in [-0.39, 0.29) is 28.7 Å². The molecule has 122 valence electrons. The smallest absolute Gasteiger partial charge is 0.416 e. The second kappa shape index (κ2) is 5.08. The Kier molecular flexibility index (Phi) is 3.43. The van der Waals surface area contributed by atoms with Crippen molar-refractivity contribution < 1.29 is 26.0 Å². The number of hydrogen-bond acceptors (Lipinski definition) is 5. The third-order valence-electron chi connectivity index (χ3n) is 3.07. The highest BCUT2D eigenvalue weighted by atomic mass is 32.2. The number of rotatable bonds is 3. The minimum absolute atomic E-state index is 0.0517. The summed E-state index contributed by atoms with van der Waals surface area (Å²) in [5, 5.41) is -0.171. The largest absolute Gasteiger partial charge is 0.439 e. The predicted molar refractivity (Wildman–Crippen MR) is 73.4 cm³/mol. The first-order chi connectivity index (χ1) is 10.6. The number of nitrogens with zero attached hydrogens (tertiary/aromatic N) is 3. The fraction of sp³-hybridized carbons (Fsp3) is 0.231. The Bertz CT molecular complexity index is 973. The average molecular weight is 345 g/mol. The molecule has 0 saturated carbocycles. The molecule has 0 atom stereocenters. The number of halogens is 3. The van der Waals surface area contributed by atoms with Gasteiger partial charge in [-0.05, 0) is 18.2 Å². The van der Waals surface area contributed by atoms with Crippen LogP contribution >= 0.6 is 0 Å². The van der Waals surface area contributed by atoms with Gasteiger partial charge in [-0.15, -0.1) is 0 Å². The average Bonchev–Trinajstić information content (AvgIpc) is 3.02. The predicted octanol–water partition coefficient (Wildman–Crippen LogP) is 2.49. The van der Waals surface area contributed by atoms with E-state index in [4.69, 9.17) is 4.42 Å². The molecule has 0 fully saturated rings. The lowest BCUT2D eigenvalue weighted by molar-refractivity contribution is -0.137. The lowest BCUT2D eigenvalue weighted by Crippen LogP contribution is -2.09. The van der Waals surface area contributed by atoms with Crippen molar-refractivity contribution in [3.63, 3.8) is 0 Å². The molecule has 23 heavy (non-hydrogen) atoms. The fourth-order valence-corrected chi connectivity index (χ4v) is 2.91. The highest BCUT2D eigenvalue weighted by Gasteiger charge is 2.31. The Balaban J connectivity index is 1.98. The highest BCUT2D eigenvalue weighted by molar-refractivity contribution is 7.90. The monoisotopic (exact) mass is 345 g/mol. The van der Waals surface area contributed by atoms with Crippen LogP contribution < -0.4 is 0 Å². The first kappa shape index (κ1) is 15.5. The van der Waals surface area contributed by atoms with Gasteiger partial charge in [-0.1, -0.05) is 0 Å². The van der Waals surface area contributed by atoms with E-state index in [1.54, 1.807) is 0 Å². The van der Waals surface area contributed by atoms with E-state index in [1.165, 1.54) is 23.0 Å². The zero-order valence-electron chi connectivity index (χ0n) is 11.7. The van der Waals surface area contributed by atoms with Gasteiger partial charge >= 0.3 is 6.18 Å². The van der Waals surface area contributed by atoms with Crippen molar-refractivity contribution in [1.82, 2.24) is 14.5 Å². The summed E-state index contributed by atoms with van der Waals surface area (Å²) in [4.78, 5) is 7.72. The van der Waals surface area contributed by atoms with Crippen molar-refractivity contribution in [2.75, 3.05) is 6.26 Å². The van der Waals surface area contributed by atoms with Crippen LogP contribution in [0.15, 0.2) is 40.2 Å². The van der Waals surface area contributed by atoms with Gasteiger partial charge in [0.2, 0.25) is 20.9 Å². The minimum atomic E-state index is -4.47. The molecular weight excluding hydrogens is 335 g/mol. The lowest BCUT2D eigenvalue weighted by Gasteiger charge is -2.04. The van der Waals surface area contributed by atoms with Crippen LogP contribution in [-0.2, 0) is 22.6 Å². The van der Waals surface area contributed by atoms with Crippen molar-refractivity contribution >= 4 is 20.9 Å². The Morgan fingerprint density at radius 3 is 2.70 bits per heavy atom. The van der Waals surface area contributed by atoms with Gasteiger partial charge < -0.3 is 8.98 Å². The van der Waals surface area contributed by atoms with E-state index in [0.29, 0.717) is 0 Å². The van der Waals surface area contributed by atoms with Gasteiger partial charge in [-0.2, -0.15) is 13.2 Å². The molecule has 0 radical (unpaired) electrons. The summed E-state index contributed by atoms with van der Waals surface area (Å²) in [7, 11) is -3.53. The maximum absolute atomic E-state index is 12.7. The van der Waals surface area contributed by atoms with E-state index in [9.17, 15) is 21.6 Å². The van der Waals surface area contributed by atoms with Crippen LogP contribution in [0.25, 0.3) is 11.1 Å². The minimum Gasteiger partial charge on any atom is -0.439 e. The van der Waals surface area contributed by atoms with E-state index >= 15 is 0 Å². The molecule has 0 spiro atoms. The highest BCUT2D eigenvalue weighted by Crippen LogP contribution is 2.31. The third kappa shape index (κ3) is 3.07. The van der Waals surface area contributed by atoms with Crippen LogP contribution in [0.4, 0.5) is 13.2 Å². The number of benzene rings is 1. The molecule has 0 N–H and O–H groups in total. The van der Waals surface area contributed by atoms with Crippen LogP contribution in [0.3, 0.4) is 0 Å². The Morgan fingerprint density at radius 2 is 2.04 bits per heavy atom. The van der Waals surface area contributed by atoms with Gasteiger partial charge in [-0.25, -0.2) is 18.4 Å². The number of hydrogen-bond donors (Lipinski definition) is 0. The molecule has 0 aliphatic carbocycles. The fourth-order valence-electron chi connectivity index (χ4n) is 2.11. The van der Waals surface area contributed by atoms with E-state index in [0.717, 1.165) is 18.4 Å². The molecule has 3 aromatic rings. The molecular formula is C13H10F3N3O3S. The van der Waals surface area contributed by atoms with Crippen LogP contribution in [0.2, 0.25) is 0 Å². The number of alkyl halides is 3. The quantitative estimate of drug-likeness (QED) is 0.729. The van der Waals surface area contributed by atoms with Crippen molar-refractivity contribution in [3.8, 4) is 0 Å². The van der Waals surface area contributed by atoms with Crippen LogP contribution in [0.1, 0.15) is 11.5 Å². The third-order valence-corrected chi connectivity index (χ3v) is 4.08. The molecule has 0 amide bonds. The number of sulfone groups is 1. The SMILES string of the molecule is CS(=O)(=O)c1nccn1Cc1nc2cc(C(F)(F)F)ccc2o1. The summed E-state index contributed by atoms with van der Waals surface area (Å²) in [5.41, 5.74) is -0.589. The summed E-state index contributed by atoms with van der Waals surface area (Å²) in [6.07, 6.45) is -0.734. The number of oxazole rings is 1. The zero-order valence-corrected chi connectivity index (χ0v) is 12.5. The number of aromatic nitrogens is 3. The molecule has 2 aromatic heterocycles. The molecule has 1 aromatic carbocycles. The van der Waals surface area contributed by atoms with Crippen molar-refractivity contribution in [2.45, 2.75) is 17.9 Å². The van der Waals surface area contributed by atoms with Crippen molar-refractivity contribution in [2.24, 2.45) is 0 Å². The van der Waals surface area contributed by atoms with Gasteiger partial charge in [0.25, 0.3) is 0 Å². The van der Waals surface area contributed by atoms with Gasteiger partial charge in [0.05, 0.1) is 5.56 Å². The van der Waals surface area contributed by atoms with E-state index < -0.39 is 21.6 Å². The summed E-state index contributed by atoms with van der Waals surface area (Å²) in [5.74, 6) is 0.0854. The molecule has 0 saturated heterocycles. The second-order valence-corrected chi connectivity index (χ2v) is 6.81. The maximum Gasteiger partial charge on any atom is 0.416 e. The second-order valence-electron chi connectivity index (χ2n) is 4.90. The van der Waals surface area contributed by atoms with Gasteiger partial charge in [0.15, 0.2) is 5.58 Å². The van der Waals surface area contributed by atoms with E-state index in [2.05, 4.69) is 9.97 Å². The van der Waals surface area contributed by atoms with Crippen molar-refractivity contribution in [1.29, 1.82) is 0 Å². The lowest BCUT2D eigenvalue weighted by atomic mass is 10.2. The molecule has 3 rings (SSSR count). The summed E-state index contributed by atoms with van der Waals surface area (Å²) in [6.45, 7) is -0.0571. The summed E-state index contributed by atoms with van der Waals surface area (Å²) in [6, 6.07) is 2.96. The van der Waals surface area contributed by atoms with Gasteiger partial charge in [0, 0.05) is 18.6 Å². The summed E-state index contributed by atoms with van der Waals surface area (Å²) < 4.78 is 67.8. The van der Waals surface area contributed by atoms with Crippen LogP contribution in [0.5, 0.6) is 0 Å². The molecule has 0 bridgehead atoms. The number of fused-ring (bicyclic) bond motifs is 1. The topological polar surface area (TPSA) is 78.0 Å². The molecule has 10 heteroatoms. The van der Waals surface area contributed by atoms with Gasteiger partial charge in [0.1, 0.15) is 12.1 Å². The van der Waals surface area contributed by atoms with Crippen molar-refractivity contribution in [3.05, 3.63) is 42.0 Å². The Labute approximate surface area is 128 Å². The first-order valence-corrected chi connectivity index (χ1v) is 8.21. The molecule has 0 aliphatic heterocycles. The maximum atomic E-state index is 12.7. The van der Waals surface area contributed by atoms with Crippen LogP contribution in [-0.4, -0.2) is 29.2 Å². The molecule has 0 unspecified atom stereocenters.